The zero-order valence-electron chi connectivity index (χ0n) is 8.90. The van der Waals surface area contributed by atoms with E-state index in [-0.39, 0.29) is 6.61 Å². The number of para-hydroxylation sites is 1. The molecule has 0 fully saturated rings. The highest BCUT2D eigenvalue weighted by Crippen LogP contribution is 2.09. The van der Waals surface area contributed by atoms with Crippen LogP contribution < -0.4 is 10.5 Å². The van der Waals surface area contributed by atoms with Crippen molar-refractivity contribution in [1.82, 2.24) is 0 Å². The van der Waals surface area contributed by atoms with Gasteiger partial charge in [-0.05, 0) is 26.0 Å². The molecule has 0 saturated carbocycles. The molecule has 0 unspecified atom stereocenters. The molecule has 0 aliphatic carbocycles. The van der Waals surface area contributed by atoms with E-state index in [4.69, 9.17) is 15.2 Å². The first-order valence-corrected chi connectivity index (χ1v) is 4.66. The minimum absolute atomic E-state index is 0.124. The van der Waals surface area contributed by atoms with Crippen molar-refractivity contribution in [3.8, 4) is 5.75 Å². The fourth-order valence-electron chi connectivity index (χ4n) is 0.859. The summed E-state index contributed by atoms with van der Waals surface area (Å²) in [7, 11) is 0. The lowest BCUT2D eigenvalue weighted by Crippen LogP contribution is -2.38. The smallest absolute Gasteiger partial charge is 0.432 e. The van der Waals surface area contributed by atoms with Crippen LogP contribution in [0.2, 0.25) is 0 Å². The average molecular weight is 209 g/mol. The maximum atomic E-state index is 11.2. The fourth-order valence-corrected chi connectivity index (χ4v) is 0.859. The van der Waals surface area contributed by atoms with E-state index in [1.165, 1.54) is 0 Å². The fraction of sp³-hybridized carbons (Fsp3) is 0.364. The van der Waals surface area contributed by atoms with E-state index < -0.39 is 11.7 Å². The lowest BCUT2D eigenvalue weighted by molar-refractivity contribution is 0.0826. The van der Waals surface area contributed by atoms with E-state index >= 15 is 0 Å². The molecule has 0 aliphatic rings. The molecule has 1 aromatic carbocycles. The molecule has 0 bridgehead atoms. The minimum atomic E-state index is -0.736. The van der Waals surface area contributed by atoms with Gasteiger partial charge < -0.3 is 15.2 Å². The molecule has 0 heterocycles. The lowest BCUT2D eigenvalue weighted by atomic mass is 10.1. The second-order valence-electron chi connectivity index (χ2n) is 3.94. The molecule has 82 valence electrons. The van der Waals surface area contributed by atoms with Crippen LogP contribution >= 0.6 is 0 Å². The maximum Gasteiger partial charge on any atom is 0.513 e. The Morgan fingerprint density at radius 3 is 2.47 bits per heavy atom. The molecule has 0 atom stereocenters. The standard InChI is InChI=1S/C11H15NO3/c1-11(2,12)8-14-10(13)15-9-6-4-3-5-7-9/h3-7H,8,12H2,1-2H3. The van der Waals surface area contributed by atoms with Crippen molar-refractivity contribution in [3.63, 3.8) is 0 Å². The van der Waals surface area contributed by atoms with Crippen molar-refractivity contribution in [2.75, 3.05) is 6.61 Å². The maximum absolute atomic E-state index is 11.2. The third-order valence-electron chi connectivity index (χ3n) is 1.51. The molecule has 1 aromatic rings. The van der Waals surface area contributed by atoms with Crippen LogP contribution in [0.4, 0.5) is 4.79 Å². The van der Waals surface area contributed by atoms with Gasteiger partial charge in [0.1, 0.15) is 12.4 Å². The second-order valence-corrected chi connectivity index (χ2v) is 3.94. The number of carbonyl (C=O) groups is 1. The summed E-state index contributed by atoms with van der Waals surface area (Å²) in [6.07, 6.45) is -0.736. The summed E-state index contributed by atoms with van der Waals surface area (Å²) in [5.41, 5.74) is 5.10. The Morgan fingerprint density at radius 1 is 1.33 bits per heavy atom. The van der Waals surface area contributed by atoms with Crippen LogP contribution in [-0.2, 0) is 4.74 Å². The van der Waals surface area contributed by atoms with Crippen LogP contribution in [0.3, 0.4) is 0 Å². The largest absolute Gasteiger partial charge is 0.513 e. The van der Waals surface area contributed by atoms with Gasteiger partial charge >= 0.3 is 6.16 Å². The Hall–Kier alpha value is -1.55. The van der Waals surface area contributed by atoms with Crippen molar-refractivity contribution in [1.29, 1.82) is 0 Å². The number of ether oxygens (including phenoxy) is 2. The third kappa shape index (κ3) is 5.02. The van der Waals surface area contributed by atoms with Gasteiger partial charge in [0.2, 0.25) is 0 Å². The van der Waals surface area contributed by atoms with Gasteiger partial charge in [-0.1, -0.05) is 18.2 Å². The van der Waals surface area contributed by atoms with Gasteiger partial charge in [0, 0.05) is 5.54 Å². The summed E-state index contributed by atoms with van der Waals surface area (Å²) < 4.78 is 9.72. The monoisotopic (exact) mass is 209 g/mol. The first-order chi connectivity index (χ1) is 6.97. The topological polar surface area (TPSA) is 61.5 Å². The first kappa shape index (κ1) is 11.5. The van der Waals surface area contributed by atoms with Crippen LogP contribution in [0.25, 0.3) is 0 Å². The van der Waals surface area contributed by atoms with Crippen molar-refractivity contribution < 1.29 is 14.3 Å². The zero-order chi connectivity index (χ0) is 11.3. The Morgan fingerprint density at radius 2 is 1.93 bits per heavy atom. The van der Waals surface area contributed by atoms with Gasteiger partial charge in [0.15, 0.2) is 0 Å². The molecule has 0 saturated heterocycles. The van der Waals surface area contributed by atoms with E-state index in [9.17, 15) is 4.79 Å². The molecule has 2 N–H and O–H groups in total. The summed E-state index contributed by atoms with van der Waals surface area (Å²) in [6.45, 7) is 3.66. The molecule has 0 aromatic heterocycles. The Balaban J connectivity index is 2.38. The van der Waals surface area contributed by atoms with Crippen LogP contribution in [0.1, 0.15) is 13.8 Å². The van der Waals surface area contributed by atoms with Gasteiger partial charge in [-0.3, -0.25) is 0 Å². The third-order valence-corrected chi connectivity index (χ3v) is 1.51. The molecular formula is C11H15NO3. The van der Waals surface area contributed by atoms with E-state index in [1.807, 2.05) is 6.07 Å². The molecule has 0 radical (unpaired) electrons. The van der Waals surface area contributed by atoms with Gasteiger partial charge in [-0.2, -0.15) is 0 Å². The van der Waals surface area contributed by atoms with Gasteiger partial charge in [0.25, 0.3) is 0 Å². The molecule has 0 spiro atoms. The highest BCUT2D eigenvalue weighted by Gasteiger charge is 2.15. The molecular weight excluding hydrogens is 194 g/mol. The number of nitrogens with two attached hydrogens (primary N) is 1. The summed E-state index contributed by atoms with van der Waals surface area (Å²) in [5, 5.41) is 0. The summed E-state index contributed by atoms with van der Waals surface area (Å²) in [4.78, 5) is 11.2. The normalized spacial score (nSPS) is 10.9. The van der Waals surface area contributed by atoms with Crippen LogP contribution in [0.5, 0.6) is 5.75 Å². The van der Waals surface area contributed by atoms with Crippen molar-refractivity contribution in [2.24, 2.45) is 5.73 Å². The molecule has 1 rings (SSSR count). The predicted octanol–water partition coefficient (Wildman–Crippen LogP) is 1.94. The number of hydrogen-bond acceptors (Lipinski definition) is 4. The summed E-state index contributed by atoms with van der Waals surface area (Å²) >= 11 is 0. The van der Waals surface area contributed by atoms with Crippen LogP contribution in [-0.4, -0.2) is 18.3 Å². The van der Waals surface area contributed by atoms with E-state index in [0.717, 1.165) is 0 Å². The van der Waals surface area contributed by atoms with Gasteiger partial charge in [-0.15, -0.1) is 0 Å². The predicted molar refractivity (Wildman–Crippen MR) is 56.7 cm³/mol. The highest BCUT2D eigenvalue weighted by atomic mass is 16.7. The molecule has 0 aliphatic heterocycles. The summed E-state index contributed by atoms with van der Waals surface area (Å²) in [5.74, 6) is 0.456. The number of benzene rings is 1. The van der Waals surface area contributed by atoms with Crippen LogP contribution in [0.15, 0.2) is 30.3 Å². The Labute approximate surface area is 89.0 Å². The Kier molecular flexibility index (Phi) is 3.68. The first-order valence-electron chi connectivity index (χ1n) is 4.66. The van der Waals surface area contributed by atoms with Crippen molar-refractivity contribution in [2.45, 2.75) is 19.4 Å². The van der Waals surface area contributed by atoms with Gasteiger partial charge in [-0.25, -0.2) is 4.79 Å². The number of carbonyl (C=O) groups excluding carboxylic acids is 1. The lowest BCUT2D eigenvalue weighted by Gasteiger charge is -2.17. The van der Waals surface area contributed by atoms with Gasteiger partial charge in [0.05, 0.1) is 0 Å². The van der Waals surface area contributed by atoms with E-state index in [2.05, 4.69) is 0 Å². The van der Waals surface area contributed by atoms with Crippen molar-refractivity contribution >= 4 is 6.16 Å². The molecule has 15 heavy (non-hydrogen) atoms. The van der Waals surface area contributed by atoms with E-state index in [0.29, 0.717) is 5.75 Å². The van der Waals surface area contributed by atoms with E-state index in [1.54, 1.807) is 38.1 Å². The highest BCUT2D eigenvalue weighted by molar-refractivity contribution is 5.63. The number of hydrogen-bond donors (Lipinski definition) is 1. The molecule has 4 nitrogen and oxygen atoms in total. The minimum Gasteiger partial charge on any atom is -0.432 e. The Bertz CT molecular complexity index is 316. The quantitative estimate of drug-likeness (QED) is 0.610. The average Bonchev–Trinajstić information content (AvgIpc) is 2.15. The van der Waals surface area contributed by atoms with Crippen molar-refractivity contribution in [3.05, 3.63) is 30.3 Å². The molecule has 4 heteroatoms. The molecule has 0 amide bonds. The number of rotatable bonds is 3. The van der Waals surface area contributed by atoms with Crippen LogP contribution in [0, 0.1) is 0 Å². The summed E-state index contributed by atoms with van der Waals surface area (Å²) in [6, 6.07) is 8.73. The zero-order valence-corrected chi connectivity index (χ0v) is 8.90. The second kappa shape index (κ2) is 4.79. The SMILES string of the molecule is CC(C)(N)COC(=O)Oc1ccccc1.